The van der Waals surface area contributed by atoms with E-state index < -0.39 is 11.4 Å². The summed E-state index contributed by atoms with van der Waals surface area (Å²) in [4.78, 5) is 55.3. The van der Waals surface area contributed by atoms with Gasteiger partial charge in [0.2, 0.25) is 0 Å². The number of aromatic amines is 1. The molecule has 13 heteroatoms. The maximum atomic E-state index is 13.9. The van der Waals surface area contributed by atoms with Gasteiger partial charge in [-0.25, -0.2) is 9.18 Å². The van der Waals surface area contributed by atoms with Gasteiger partial charge in [0.25, 0.3) is 17.7 Å². The summed E-state index contributed by atoms with van der Waals surface area (Å²) in [5.74, 6) is -0.835. The molecule has 2 aromatic heterocycles. The number of aromatic nitrogens is 1. The molecular formula is C44H37FN6O6. The monoisotopic (exact) mass is 764 g/mol. The summed E-state index contributed by atoms with van der Waals surface area (Å²) in [5, 5.41) is 15.9. The molecule has 0 saturated heterocycles. The highest BCUT2D eigenvalue weighted by Crippen LogP contribution is 2.37. The quantitative estimate of drug-likeness (QED) is 0.0672. The molecule has 12 nitrogen and oxygen atoms in total. The van der Waals surface area contributed by atoms with E-state index in [1.54, 1.807) is 69.5 Å². The zero-order valence-corrected chi connectivity index (χ0v) is 31.2. The van der Waals surface area contributed by atoms with Gasteiger partial charge < -0.3 is 30.1 Å². The van der Waals surface area contributed by atoms with Crippen LogP contribution in [0.15, 0.2) is 111 Å². The van der Waals surface area contributed by atoms with Gasteiger partial charge in [-0.15, -0.1) is 0 Å². The molecule has 8 rings (SSSR count). The summed E-state index contributed by atoms with van der Waals surface area (Å²) in [5.41, 5.74) is 6.54. The minimum Gasteiger partial charge on any atom is -0.497 e. The summed E-state index contributed by atoms with van der Waals surface area (Å²) < 4.78 is 25.0. The molecule has 0 spiro atoms. The number of H-pyrrole nitrogens is 1. The highest BCUT2D eigenvalue weighted by Gasteiger charge is 2.32. The molecule has 286 valence electrons. The first-order chi connectivity index (χ1) is 27.6. The molecule has 4 aromatic carbocycles. The lowest BCUT2D eigenvalue weighted by molar-refractivity contribution is -0.110. The van der Waals surface area contributed by atoms with Crippen LogP contribution in [0.4, 0.5) is 15.8 Å². The van der Waals surface area contributed by atoms with Crippen molar-refractivity contribution in [1.29, 1.82) is 0 Å². The Morgan fingerprint density at radius 2 is 1.68 bits per heavy atom. The molecular weight excluding hydrogens is 728 g/mol. The molecule has 2 aliphatic heterocycles. The summed E-state index contributed by atoms with van der Waals surface area (Å²) >= 11 is 0. The average molecular weight is 765 g/mol. The van der Waals surface area contributed by atoms with E-state index in [9.17, 15) is 23.6 Å². The van der Waals surface area contributed by atoms with Crippen LogP contribution in [0.1, 0.15) is 66.8 Å². The number of methoxy groups -OCH3 is 1. The number of amides is 3. The predicted molar refractivity (Wildman–Crippen MR) is 216 cm³/mol. The minimum absolute atomic E-state index is 0.164. The van der Waals surface area contributed by atoms with Crippen LogP contribution in [-0.2, 0) is 4.79 Å². The molecule has 0 aliphatic carbocycles. The number of fused-ring (bicyclic) bond motifs is 2. The fraction of sp³-hybridized carbons (Fsp3) is 0.159. The fourth-order valence-electron chi connectivity index (χ4n) is 7.29. The highest BCUT2D eigenvalue weighted by atomic mass is 19.1. The van der Waals surface area contributed by atoms with Crippen LogP contribution in [0.3, 0.4) is 0 Å². The minimum atomic E-state index is -0.482. The van der Waals surface area contributed by atoms with Gasteiger partial charge in [-0.1, -0.05) is 30.3 Å². The van der Waals surface area contributed by atoms with Crippen molar-refractivity contribution < 1.29 is 27.9 Å². The molecule has 2 aliphatic rings. The zero-order chi connectivity index (χ0) is 39.8. The molecule has 0 saturated carbocycles. The smallest absolute Gasteiger partial charge is 0.345 e. The first-order valence-corrected chi connectivity index (χ1v) is 18.3. The molecule has 0 radical (unpaired) electrons. The Kier molecular flexibility index (Phi) is 9.72. The van der Waals surface area contributed by atoms with E-state index in [4.69, 9.17) is 14.3 Å². The Morgan fingerprint density at radius 1 is 0.930 bits per heavy atom. The van der Waals surface area contributed by atoms with Crippen molar-refractivity contribution in [2.24, 2.45) is 5.10 Å². The molecule has 4 heterocycles. The summed E-state index contributed by atoms with van der Waals surface area (Å²) in [6, 6.07) is 27.8. The second-order valence-corrected chi connectivity index (χ2v) is 13.8. The number of benzene rings is 4. The van der Waals surface area contributed by atoms with E-state index in [0.29, 0.717) is 73.9 Å². The van der Waals surface area contributed by atoms with Crippen LogP contribution in [-0.4, -0.2) is 48.6 Å². The average Bonchev–Trinajstić information content (AvgIpc) is 3.88. The van der Waals surface area contributed by atoms with Gasteiger partial charge in [-0.2, -0.15) is 5.10 Å². The number of hydrogen-bond acceptors (Lipinski definition) is 8. The largest absolute Gasteiger partial charge is 0.497 e. The number of nitrogens with one attached hydrogen (secondary N) is 4. The lowest BCUT2D eigenvalue weighted by Gasteiger charge is -2.24. The molecule has 57 heavy (non-hydrogen) atoms. The molecule has 6 aromatic rings. The number of hydrazone groups is 1. The van der Waals surface area contributed by atoms with E-state index in [2.05, 4.69) is 20.9 Å². The topological polar surface area (TPSA) is 158 Å². The molecule has 4 N–H and O–H groups in total. The third-order valence-corrected chi connectivity index (χ3v) is 10.2. The van der Waals surface area contributed by atoms with Crippen molar-refractivity contribution in [3.63, 3.8) is 0 Å². The Morgan fingerprint density at radius 3 is 2.44 bits per heavy atom. The SMILES string of the molecule is COc1ccc2oc(=O)c(C3=NN(c4ccc(C(=O)NCCNC(=O)c5c(C)[nH]c(C=C6C(=O)Nc7ccc(F)cc76)c5C)cc4)C(c4ccccc4)C3)cc2c1. The van der Waals surface area contributed by atoms with Gasteiger partial charge in [-0.05, 0) is 97.8 Å². The number of anilines is 2. The molecule has 3 amide bonds. The van der Waals surface area contributed by atoms with Gasteiger partial charge >= 0.3 is 5.63 Å². The normalized spacial score (nSPS) is 15.4. The van der Waals surface area contributed by atoms with Gasteiger partial charge in [-0.3, -0.25) is 19.4 Å². The third-order valence-electron chi connectivity index (χ3n) is 10.2. The standard InChI is InChI=1S/C44H37FN6O6/c1-24-36(22-33-32-21-29(45)11-15-35(32)49-42(33)53)48-25(2)40(24)43(54)47-18-17-46-41(52)27-9-12-30(13-10-27)51-38(26-7-5-4-6-8-26)23-37(50-51)34-20-28-19-31(56-3)14-16-39(28)57-44(34)55/h4-16,19-22,38,48H,17-18,23H2,1-3H3,(H,46,52)(H,47,54)(H,49,53). The van der Waals surface area contributed by atoms with Crippen LogP contribution in [0, 0.1) is 19.7 Å². The van der Waals surface area contributed by atoms with Crippen molar-refractivity contribution >= 4 is 57.4 Å². The van der Waals surface area contributed by atoms with Crippen LogP contribution in [0.2, 0.25) is 0 Å². The summed E-state index contributed by atoms with van der Waals surface area (Å²) in [6.45, 7) is 3.86. The Labute approximate surface area is 326 Å². The number of rotatable bonds is 10. The lowest BCUT2D eigenvalue weighted by Crippen LogP contribution is -2.35. The number of ether oxygens (including phenoxy) is 1. The zero-order valence-electron chi connectivity index (χ0n) is 31.2. The number of nitrogens with zero attached hydrogens (tertiary/aromatic N) is 2. The maximum absolute atomic E-state index is 13.9. The number of carbonyl (C=O) groups excluding carboxylic acids is 3. The van der Waals surface area contributed by atoms with E-state index >= 15 is 0 Å². The molecule has 1 atom stereocenters. The Bertz CT molecular complexity index is 2700. The summed E-state index contributed by atoms with van der Waals surface area (Å²) in [7, 11) is 1.58. The van der Waals surface area contributed by atoms with Crippen LogP contribution >= 0.6 is 0 Å². The lowest BCUT2D eigenvalue weighted by atomic mass is 9.98. The number of halogens is 1. The first-order valence-electron chi connectivity index (χ1n) is 18.3. The van der Waals surface area contributed by atoms with Gasteiger partial charge in [0.15, 0.2) is 0 Å². The van der Waals surface area contributed by atoms with Gasteiger partial charge in [0, 0.05) is 53.1 Å². The second-order valence-electron chi connectivity index (χ2n) is 13.8. The number of hydrogen-bond donors (Lipinski definition) is 4. The van der Waals surface area contributed by atoms with E-state index in [1.807, 2.05) is 41.4 Å². The molecule has 1 unspecified atom stereocenters. The van der Waals surface area contributed by atoms with Crippen LogP contribution < -0.4 is 31.3 Å². The predicted octanol–water partition coefficient (Wildman–Crippen LogP) is 6.89. The van der Waals surface area contributed by atoms with Crippen molar-refractivity contribution in [1.82, 2.24) is 15.6 Å². The van der Waals surface area contributed by atoms with E-state index in [-0.39, 0.29) is 36.9 Å². The van der Waals surface area contributed by atoms with Crippen molar-refractivity contribution in [3.05, 3.63) is 158 Å². The Balaban J connectivity index is 0.929. The van der Waals surface area contributed by atoms with Crippen molar-refractivity contribution in [2.45, 2.75) is 26.3 Å². The van der Waals surface area contributed by atoms with E-state index in [1.165, 1.54) is 18.2 Å². The van der Waals surface area contributed by atoms with Gasteiger partial charge in [0.1, 0.15) is 17.1 Å². The van der Waals surface area contributed by atoms with E-state index in [0.717, 1.165) is 16.6 Å². The second kappa shape index (κ2) is 15.1. The molecule has 0 fully saturated rings. The van der Waals surface area contributed by atoms with Crippen molar-refractivity contribution in [2.75, 3.05) is 30.5 Å². The maximum Gasteiger partial charge on any atom is 0.345 e. The van der Waals surface area contributed by atoms with Crippen LogP contribution in [0.5, 0.6) is 5.75 Å². The van der Waals surface area contributed by atoms with Crippen LogP contribution in [0.25, 0.3) is 22.6 Å². The third kappa shape index (κ3) is 7.18. The first kappa shape index (κ1) is 36.7. The number of aryl methyl sites for hydroxylation is 1. The van der Waals surface area contributed by atoms with Crippen molar-refractivity contribution in [3.8, 4) is 5.75 Å². The van der Waals surface area contributed by atoms with Gasteiger partial charge in [0.05, 0.1) is 41.3 Å². The summed E-state index contributed by atoms with van der Waals surface area (Å²) in [6.07, 6.45) is 2.06. The highest BCUT2D eigenvalue weighted by molar-refractivity contribution is 6.35. The number of carbonyl (C=O) groups is 3. The molecule has 0 bridgehead atoms. The fourth-order valence-corrected chi connectivity index (χ4v) is 7.29. The Hall–Kier alpha value is -7.28.